The van der Waals surface area contributed by atoms with Gasteiger partial charge in [0, 0.05) is 6.42 Å². The number of carbonyl (C=O) groups excluding carboxylic acids is 2. The van der Waals surface area contributed by atoms with Crippen LogP contribution < -0.4 is 10.6 Å². The van der Waals surface area contributed by atoms with Crippen molar-refractivity contribution in [2.75, 3.05) is 25.0 Å². The van der Waals surface area contributed by atoms with Gasteiger partial charge in [0.05, 0.1) is 17.9 Å². The number of anilines is 1. The standard InChI is InChI=1S/C16H22N2O3/c1-2-21-16(20)13-5-3-4-6-14(13)18-15(19)11-12-7-9-17-10-8-12/h3-6,12,17H,2,7-11H2,1H3,(H,18,19). The van der Waals surface area contributed by atoms with Crippen LogP contribution in [0.5, 0.6) is 0 Å². The summed E-state index contributed by atoms with van der Waals surface area (Å²) in [7, 11) is 0. The smallest absolute Gasteiger partial charge is 0.340 e. The second kappa shape index (κ2) is 7.78. The van der Waals surface area contributed by atoms with Crippen LogP contribution in [-0.2, 0) is 9.53 Å². The molecular formula is C16H22N2O3. The number of hydrogen-bond donors (Lipinski definition) is 2. The third kappa shape index (κ3) is 4.56. The Hall–Kier alpha value is -1.88. The largest absolute Gasteiger partial charge is 0.462 e. The fourth-order valence-electron chi connectivity index (χ4n) is 2.53. The molecule has 0 unspecified atom stereocenters. The van der Waals surface area contributed by atoms with Gasteiger partial charge >= 0.3 is 5.97 Å². The lowest BCUT2D eigenvalue weighted by atomic mass is 9.94. The molecule has 0 atom stereocenters. The van der Waals surface area contributed by atoms with Gasteiger partial charge in [0.15, 0.2) is 0 Å². The van der Waals surface area contributed by atoms with Crippen LogP contribution in [-0.4, -0.2) is 31.6 Å². The van der Waals surface area contributed by atoms with Crippen molar-refractivity contribution in [3.8, 4) is 0 Å². The third-order valence-electron chi connectivity index (χ3n) is 3.63. The first kappa shape index (κ1) is 15.5. The van der Waals surface area contributed by atoms with Crippen LogP contribution >= 0.6 is 0 Å². The van der Waals surface area contributed by atoms with Crippen molar-refractivity contribution in [3.05, 3.63) is 29.8 Å². The van der Waals surface area contributed by atoms with E-state index in [1.165, 1.54) is 0 Å². The Labute approximate surface area is 125 Å². The summed E-state index contributed by atoms with van der Waals surface area (Å²) in [5, 5.41) is 6.12. The number of esters is 1. The molecule has 1 amide bonds. The second-order valence-corrected chi connectivity index (χ2v) is 5.21. The summed E-state index contributed by atoms with van der Waals surface area (Å²) in [6, 6.07) is 6.95. The highest BCUT2D eigenvalue weighted by Gasteiger charge is 2.18. The summed E-state index contributed by atoms with van der Waals surface area (Å²) in [4.78, 5) is 24.0. The molecule has 0 saturated carbocycles. The molecule has 0 aromatic heterocycles. The van der Waals surface area contributed by atoms with Crippen LogP contribution in [0.3, 0.4) is 0 Å². The van der Waals surface area contributed by atoms with Crippen molar-refractivity contribution >= 4 is 17.6 Å². The van der Waals surface area contributed by atoms with Crippen LogP contribution in [0.1, 0.15) is 36.5 Å². The van der Waals surface area contributed by atoms with Crippen molar-refractivity contribution in [3.63, 3.8) is 0 Å². The van der Waals surface area contributed by atoms with Crippen LogP contribution in [0.4, 0.5) is 5.69 Å². The number of nitrogens with one attached hydrogen (secondary N) is 2. The quantitative estimate of drug-likeness (QED) is 0.816. The third-order valence-corrected chi connectivity index (χ3v) is 3.63. The molecule has 1 aliphatic heterocycles. The fraction of sp³-hybridized carbons (Fsp3) is 0.500. The van der Waals surface area contributed by atoms with E-state index in [0.717, 1.165) is 25.9 Å². The van der Waals surface area contributed by atoms with Crippen molar-refractivity contribution in [2.45, 2.75) is 26.2 Å². The number of ether oxygens (including phenoxy) is 1. The molecule has 0 aliphatic carbocycles. The number of para-hydroxylation sites is 1. The molecule has 1 aliphatic rings. The summed E-state index contributed by atoms with van der Waals surface area (Å²) in [5.74, 6) is -0.0325. The minimum atomic E-state index is -0.407. The first-order chi connectivity index (χ1) is 10.2. The molecule has 2 rings (SSSR count). The summed E-state index contributed by atoms with van der Waals surface area (Å²) < 4.78 is 5.00. The normalized spacial score (nSPS) is 15.5. The monoisotopic (exact) mass is 290 g/mol. The number of hydrogen-bond acceptors (Lipinski definition) is 4. The van der Waals surface area contributed by atoms with Crippen LogP contribution in [0, 0.1) is 5.92 Å². The minimum absolute atomic E-state index is 0.0429. The maximum Gasteiger partial charge on any atom is 0.340 e. The average molecular weight is 290 g/mol. The molecule has 1 heterocycles. The highest BCUT2D eigenvalue weighted by molar-refractivity contribution is 6.01. The lowest BCUT2D eigenvalue weighted by Crippen LogP contribution is -2.30. The van der Waals surface area contributed by atoms with E-state index >= 15 is 0 Å². The maximum absolute atomic E-state index is 12.1. The maximum atomic E-state index is 12.1. The fourth-order valence-corrected chi connectivity index (χ4v) is 2.53. The molecule has 5 heteroatoms. The van der Waals surface area contributed by atoms with Crippen LogP contribution in [0.15, 0.2) is 24.3 Å². The zero-order valence-electron chi connectivity index (χ0n) is 12.4. The Morgan fingerprint density at radius 3 is 2.71 bits per heavy atom. The van der Waals surface area contributed by atoms with Gasteiger partial charge in [-0.1, -0.05) is 12.1 Å². The van der Waals surface area contributed by atoms with Crippen LogP contribution in [0.25, 0.3) is 0 Å². The van der Waals surface area contributed by atoms with E-state index in [1.54, 1.807) is 31.2 Å². The van der Waals surface area contributed by atoms with E-state index < -0.39 is 5.97 Å². The Bertz CT molecular complexity index is 496. The number of benzene rings is 1. The summed E-state index contributed by atoms with van der Waals surface area (Å²) in [5.41, 5.74) is 0.924. The molecule has 0 bridgehead atoms. The molecule has 5 nitrogen and oxygen atoms in total. The molecule has 21 heavy (non-hydrogen) atoms. The van der Waals surface area contributed by atoms with E-state index in [4.69, 9.17) is 4.74 Å². The van der Waals surface area contributed by atoms with Gasteiger partial charge in [-0.3, -0.25) is 4.79 Å². The predicted octanol–water partition coefficient (Wildman–Crippen LogP) is 2.19. The van der Waals surface area contributed by atoms with E-state index in [2.05, 4.69) is 10.6 Å². The van der Waals surface area contributed by atoms with E-state index in [0.29, 0.717) is 30.2 Å². The molecule has 1 fully saturated rings. The van der Waals surface area contributed by atoms with E-state index in [1.807, 2.05) is 0 Å². The van der Waals surface area contributed by atoms with Gasteiger partial charge in [0.25, 0.3) is 0 Å². The molecule has 0 radical (unpaired) electrons. The van der Waals surface area contributed by atoms with Gasteiger partial charge in [-0.05, 0) is 50.9 Å². The van der Waals surface area contributed by atoms with Gasteiger partial charge in [-0.15, -0.1) is 0 Å². The topological polar surface area (TPSA) is 67.4 Å². The second-order valence-electron chi connectivity index (χ2n) is 5.21. The first-order valence-electron chi connectivity index (χ1n) is 7.47. The molecule has 0 spiro atoms. The highest BCUT2D eigenvalue weighted by Crippen LogP contribution is 2.20. The SMILES string of the molecule is CCOC(=O)c1ccccc1NC(=O)CC1CCNCC1. The Balaban J connectivity index is 1.98. The molecule has 1 aromatic rings. The predicted molar refractivity (Wildman–Crippen MR) is 81.2 cm³/mol. The summed E-state index contributed by atoms with van der Waals surface area (Å²) >= 11 is 0. The minimum Gasteiger partial charge on any atom is -0.462 e. The number of amides is 1. The molecular weight excluding hydrogens is 268 g/mol. The van der Waals surface area contributed by atoms with Gasteiger partial charge in [0.2, 0.25) is 5.91 Å². The van der Waals surface area contributed by atoms with Crippen molar-refractivity contribution in [2.24, 2.45) is 5.92 Å². The average Bonchev–Trinajstić information content (AvgIpc) is 2.49. The lowest BCUT2D eigenvalue weighted by Gasteiger charge is -2.22. The van der Waals surface area contributed by atoms with Crippen LogP contribution in [0.2, 0.25) is 0 Å². The zero-order valence-corrected chi connectivity index (χ0v) is 12.4. The molecule has 1 saturated heterocycles. The summed E-state index contributed by atoms with van der Waals surface area (Å²) in [6.45, 7) is 4.01. The molecule has 1 aromatic carbocycles. The number of piperidine rings is 1. The molecule has 114 valence electrons. The zero-order chi connectivity index (χ0) is 15.1. The first-order valence-corrected chi connectivity index (χ1v) is 7.47. The van der Waals surface area contributed by atoms with Crippen molar-refractivity contribution in [1.82, 2.24) is 5.32 Å². The van der Waals surface area contributed by atoms with Gasteiger partial charge in [0.1, 0.15) is 0 Å². The van der Waals surface area contributed by atoms with E-state index in [-0.39, 0.29) is 5.91 Å². The number of carbonyl (C=O) groups is 2. The van der Waals surface area contributed by atoms with Gasteiger partial charge in [-0.2, -0.15) is 0 Å². The molecule has 2 N–H and O–H groups in total. The van der Waals surface area contributed by atoms with Crippen molar-refractivity contribution in [1.29, 1.82) is 0 Å². The highest BCUT2D eigenvalue weighted by atomic mass is 16.5. The Morgan fingerprint density at radius 1 is 1.29 bits per heavy atom. The van der Waals surface area contributed by atoms with Crippen molar-refractivity contribution < 1.29 is 14.3 Å². The Kier molecular flexibility index (Phi) is 5.75. The van der Waals surface area contributed by atoms with E-state index in [9.17, 15) is 9.59 Å². The number of rotatable bonds is 5. The Morgan fingerprint density at radius 2 is 2.00 bits per heavy atom. The lowest BCUT2D eigenvalue weighted by molar-refractivity contribution is -0.117. The summed E-state index contributed by atoms with van der Waals surface area (Å²) in [6.07, 6.45) is 2.54. The van der Waals surface area contributed by atoms with Gasteiger partial charge < -0.3 is 15.4 Å². The van der Waals surface area contributed by atoms with Gasteiger partial charge in [-0.25, -0.2) is 4.79 Å².